The Balaban J connectivity index is 1.78. The Kier molecular flexibility index (Phi) is 3.93. The van der Waals surface area contributed by atoms with Crippen LogP contribution in [0.4, 0.5) is 5.69 Å². The zero-order chi connectivity index (χ0) is 14.8. The van der Waals surface area contributed by atoms with Crippen LogP contribution in [0.15, 0.2) is 53.0 Å². The van der Waals surface area contributed by atoms with Crippen LogP contribution in [0.1, 0.15) is 16.8 Å². The number of fused-ring (bicyclic) bond motifs is 1. The van der Waals surface area contributed by atoms with E-state index in [0.29, 0.717) is 0 Å². The summed E-state index contributed by atoms with van der Waals surface area (Å²) in [7, 11) is 0. The first-order valence-electron chi connectivity index (χ1n) is 6.98. The van der Waals surface area contributed by atoms with Crippen molar-refractivity contribution in [3.63, 3.8) is 0 Å². The lowest BCUT2D eigenvalue weighted by Gasteiger charge is -2.09. The molecule has 0 aliphatic heterocycles. The maximum absolute atomic E-state index is 4.53. The topological polar surface area (TPSA) is 24.9 Å². The molecule has 3 rings (SSSR count). The number of aryl methyl sites for hydroxylation is 2. The van der Waals surface area contributed by atoms with Gasteiger partial charge in [-0.05, 0) is 55.3 Å². The van der Waals surface area contributed by atoms with Crippen LogP contribution < -0.4 is 5.32 Å². The molecule has 0 spiro atoms. The maximum atomic E-state index is 4.53. The molecule has 0 radical (unpaired) electrons. The molecule has 21 heavy (non-hydrogen) atoms. The van der Waals surface area contributed by atoms with Crippen LogP contribution in [0.3, 0.4) is 0 Å². The van der Waals surface area contributed by atoms with E-state index in [4.69, 9.17) is 0 Å². The van der Waals surface area contributed by atoms with Gasteiger partial charge in [0.2, 0.25) is 0 Å². The monoisotopic (exact) mass is 340 g/mol. The quantitative estimate of drug-likeness (QED) is 0.706. The molecule has 0 fully saturated rings. The van der Waals surface area contributed by atoms with Gasteiger partial charge in [-0.15, -0.1) is 0 Å². The lowest BCUT2D eigenvalue weighted by molar-refractivity contribution is 1.15. The van der Waals surface area contributed by atoms with Crippen molar-refractivity contribution in [2.75, 3.05) is 5.32 Å². The molecule has 1 aromatic heterocycles. The van der Waals surface area contributed by atoms with Crippen molar-refractivity contribution in [2.45, 2.75) is 20.4 Å². The third-order valence-corrected chi connectivity index (χ3v) is 4.42. The van der Waals surface area contributed by atoms with E-state index in [-0.39, 0.29) is 0 Å². The summed E-state index contributed by atoms with van der Waals surface area (Å²) >= 11 is 3.56. The van der Waals surface area contributed by atoms with Crippen LogP contribution in [0.2, 0.25) is 0 Å². The molecule has 3 heteroatoms. The molecule has 2 nitrogen and oxygen atoms in total. The Morgan fingerprint density at radius 2 is 1.86 bits per heavy atom. The highest BCUT2D eigenvalue weighted by molar-refractivity contribution is 9.10. The first-order chi connectivity index (χ1) is 10.1. The minimum atomic E-state index is 0.805. The van der Waals surface area contributed by atoms with Crippen molar-refractivity contribution < 1.29 is 0 Å². The van der Waals surface area contributed by atoms with Gasteiger partial charge >= 0.3 is 0 Å². The van der Waals surface area contributed by atoms with Crippen molar-refractivity contribution >= 4 is 32.5 Å². The highest BCUT2D eigenvalue weighted by atomic mass is 79.9. The van der Waals surface area contributed by atoms with Gasteiger partial charge in [0.05, 0.1) is 5.52 Å². The van der Waals surface area contributed by atoms with Crippen molar-refractivity contribution in [1.29, 1.82) is 0 Å². The number of nitrogens with zero attached hydrogens (tertiary/aromatic N) is 1. The molecule has 0 amide bonds. The minimum absolute atomic E-state index is 0.805. The van der Waals surface area contributed by atoms with E-state index < -0.39 is 0 Å². The van der Waals surface area contributed by atoms with Crippen LogP contribution in [-0.2, 0) is 6.54 Å². The van der Waals surface area contributed by atoms with Gasteiger partial charge in [0, 0.05) is 27.8 Å². The molecule has 0 atom stereocenters. The summed E-state index contributed by atoms with van der Waals surface area (Å²) in [5, 5.41) is 4.64. The van der Waals surface area contributed by atoms with Crippen molar-refractivity contribution in [3.8, 4) is 0 Å². The standard InChI is InChI=1S/C18H17BrN2/c1-12-3-7-16(10-17(12)19)20-11-14-5-8-18-15(9-14)6-4-13(2)21-18/h3-10,20H,11H2,1-2H3. The maximum Gasteiger partial charge on any atom is 0.0705 e. The second-order valence-electron chi connectivity index (χ2n) is 5.30. The van der Waals surface area contributed by atoms with Crippen molar-refractivity contribution in [3.05, 3.63) is 69.8 Å². The predicted octanol–water partition coefficient (Wildman–Crippen LogP) is 5.23. The smallest absolute Gasteiger partial charge is 0.0705 e. The molecule has 1 N–H and O–H groups in total. The number of aromatic nitrogens is 1. The van der Waals surface area contributed by atoms with Gasteiger partial charge in [-0.1, -0.05) is 34.1 Å². The van der Waals surface area contributed by atoms with Gasteiger partial charge in [-0.25, -0.2) is 0 Å². The highest BCUT2D eigenvalue weighted by Gasteiger charge is 2.00. The Labute approximate surface area is 133 Å². The summed E-state index contributed by atoms with van der Waals surface area (Å²) in [4.78, 5) is 4.53. The zero-order valence-electron chi connectivity index (χ0n) is 12.2. The Bertz CT molecular complexity index is 796. The number of pyridine rings is 1. The highest BCUT2D eigenvalue weighted by Crippen LogP contribution is 2.21. The lowest BCUT2D eigenvalue weighted by atomic mass is 10.1. The predicted molar refractivity (Wildman–Crippen MR) is 92.7 cm³/mol. The Hall–Kier alpha value is -1.87. The molecule has 0 saturated heterocycles. The number of hydrogen-bond donors (Lipinski definition) is 1. The average molecular weight is 341 g/mol. The van der Waals surface area contributed by atoms with Crippen molar-refractivity contribution in [2.24, 2.45) is 0 Å². The SMILES string of the molecule is Cc1ccc2cc(CNc3ccc(C)c(Br)c3)ccc2n1. The number of anilines is 1. The fourth-order valence-corrected chi connectivity index (χ4v) is 2.67. The van der Waals surface area contributed by atoms with Gasteiger partial charge in [-0.2, -0.15) is 0 Å². The molecule has 106 valence electrons. The van der Waals surface area contributed by atoms with E-state index in [1.807, 2.05) is 6.92 Å². The second kappa shape index (κ2) is 5.86. The van der Waals surface area contributed by atoms with E-state index >= 15 is 0 Å². The van der Waals surface area contributed by atoms with Gasteiger partial charge in [0.15, 0.2) is 0 Å². The number of nitrogens with one attached hydrogen (secondary N) is 1. The first kappa shape index (κ1) is 14.1. The molecule has 2 aromatic carbocycles. The van der Waals surface area contributed by atoms with Gasteiger partial charge in [0.1, 0.15) is 0 Å². The fraction of sp³-hybridized carbons (Fsp3) is 0.167. The fourth-order valence-electron chi connectivity index (χ4n) is 2.29. The van der Waals surface area contributed by atoms with Crippen LogP contribution in [0.5, 0.6) is 0 Å². The van der Waals surface area contributed by atoms with Crippen LogP contribution >= 0.6 is 15.9 Å². The third kappa shape index (κ3) is 3.24. The van der Waals surface area contributed by atoms with Gasteiger partial charge in [-0.3, -0.25) is 4.98 Å². The van der Waals surface area contributed by atoms with E-state index in [1.165, 1.54) is 16.5 Å². The molecule has 0 bridgehead atoms. The van der Waals surface area contributed by atoms with E-state index in [9.17, 15) is 0 Å². The normalized spacial score (nSPS) is 10.8. The summed E-state index contributed by atoms with van der Waals surface area (Å²) in [5.74, 6) is 0. The van der Waals surface area contributed by atoms with Crippen molar-refractivity contribution in [1.82, 2.24) is 4.98 Å². The average Bonchev–Trinajstić information content (AvgIpc) is 2.48. The number of hydrogen-bond acceptors (Lipinski definition) is 2. The third-order valence-electron chi connectivity index (χ3n) is 3.56. The lowest BCUT2D eigenvalue weighted by Crippen LogP contribution is -1.99. The van der Waals surface area contributed by atoms with Crippen LogP contribution in [0.25, 0.3) is 10.9 Å². The van der Waals surface area contributed by atoms with Gasteiger partial charge < -0.3 is 5.32 Å². The number of rotatable bonds is 3. The summed E-state index contributed by atoms with van der Waals surface area (Å²) in [6.07, 6.45) is 0. The summed E-state index contributed by atoms with van der Waals surface area (Å²) < 4.78 is 1.13. The summed E-state index contributed by atoms with van der Waals surface area (Å²) in [5.41, 5.74) is 5.72. The zero-order valence-corrected chi connectivity index (χ0v) is 13.7. The molecule has 3 aromatic rings. The molecule has 0 unspecified atom stereocenters. The van der Waals surface area contributed by atoms with Gasteiger partial charge in [0.25, 0.3) is 0 Å². The molecular weight excluding hydrogens is 324 g/mol. The van der Waals surface area contributed by atoms with E-state index in [0.717, 1.165) is 27.9 Å². The molecular formula is C18H17BrN2. The summed E-state index contributed by atoms with van der Waals surface area (Å²) in [6, 6.07) is 16.9. The minimum Gasteiger partial charge on any atom is -0.381 e. The number of benzene rings is 2. The Morgan fingerprint density at radius 3 is 2.67 bits per heavy atom. The van der Waals surface area contributed by atoms with E-state index in [1.54, 1.807) is 0 Å². The number of halogens is 1. The molecule has 0 aliphatic carbocycles. The largest absolute Gasteiger partial charge is 0.381 e. The molecule has 1 heterocycles. The van der Waals surface area contributed by atoms with Crippen LogP contribution in [0, 0.1) is 13.8 Å². The molecule has 0 aliphatic rings. The molecule has 0 saturated carbocycles. The Morgan fingerprint density at radius 1 is 1.00 bits per heavy atom. The summed E-state index contributed by atoms with van der Waals surface area (Å²) in [6.45, 7) is 4.91. The first-order valence-corrected chi connectivity index (χ1v) is 7.77. The van der Waals surface area contributed by atoms with Crippen LogP contribution in [-0.4, -0.2) is 4.98 Å². The van der Waals surface area contributed by atoms with E-state index in [2.05, 4.69) is 81.7 Å². The second-order valence-corrected chi connectivity index (χ2v) is 6.15.